The number of nitrogens with zero attached hydrogens (tertiary/aromatic N) is 3. The Labute approximate surface area is 255 Å². The monoisotopic (exact) mass is 606 g/mol. The molecule has 2 aliphatic rings. The summed E-state index contributed by atoms with van der Waals surface area (Å²) in [6.07, 6.45) is 1.52. The van der Waals surface area contributed by atoms with Gasteiger partial charge in [0, 0.05) is 50.4 Å². The van der Waals surface area contributed by atoms with Crippen LogP contribution in [0.2, 0.25) is 0 Å². The van der Waals surface area contributed by atoms with Crippen LogP contribution in [0.15, 0.2) is 60.8 Å². The maximum absolute atomic E-state index is 15.0. The Morgan fingerprint density at radius 3 is 2.27 bits per heavy atom. The molecule has 0 unspecified atom stereocenters. The van der Waals surface area contributed by atoms with Crippen LogP contribution in [0.4, 0.5) is 8.78 Å². The first-order chi connectivity index (χ1) is 21.2. The van der Waals surface area contributed by atoms with E-state index >= 15 is 4.39 Å². The van der Waals surface area contributed by atoms with E-state index in [4.69, 9.17) is 9.47 Å². The topological polar surface area (TPSA) is 101 Å². The van der Waals surface area contributed by atoms with Gasteiger partial charge in [0.05, 0.1) is 25.8 Å². The van der Waals surface area contributed by atoms with E-state index in [1.54, 1.807) is 48.4 Å². The molecule has 1 N–H and O–H groups in total. The van der Waals surface area contributed by atoms with E-state index in [-0.39, 0.29) is 41.2 Å². The fourth-order valence-corrected chi connectivity index (χ4v) is 5.74. The third-order valence-electron chi connectivity index (χ3n) is 8.34. The largest absolute Gasteiger partial charge is 0.497 e. The molecule has 0 radical (unpaired) electrons. The third kappa shape index (κ3) is 7.21. The molecular formula is C33H36F2N4O5. The van der Waals surface area contributed by atoms with E-state index in [1.807, 2.05) is 4.90 Å². The number of amides is 2. The molecular weight excluding hydrogens is 570 g/mol. The Kier molecular flexibility index (Phi) is 9.84. The molecule has 44 heavy (non-hydrogen) atoms. The number of benzene rings is 2. The average molecular weight is 607 g/mol. The minimum atomic E-state index is -1.30. The van der Waals surface area contributed by atoms with E-state index in [0.29, 0.717) is 62.3 Å². The van der Waals surface area contributed by atoms with Gasteiger partial charge >= 0.3 is 0 Å². The number of hydrogen-bond acceptors (Lipinski definition) is 7. The summed E-state index contributed by atoms with van der Waals surface area (Å²) >= 11 is 0. The fourth-order valence-electron chi connectivity index (χ4n) is 5.74. The Bertz CT molecular complexity index is 1480. The number of methoxy groups -OCH3 is 2. The minimum absolute atomic E-state index is 0.0575. The normalized spacial score (nSPS) is 19.3. The first-order valence-corrected chi connectivity index (χ1v) is 14.7. The van der Waals surface area contributed by atoms with Crippen LogP contribution in [0.25, 0.3) is 0 Å². The minimum Gasteiger partial charge on any atom is -0.497 e. The summed E-state index contributed by atoms with van der Waals surface area (Å²) in [7, 11) is 2.97. The molecule has 0 spiro atoms. The standard InChI is InChI=1S/C33H36F2N4O5/c1-43-25-7-4-22(5-8-25)31(40)23-11-15-39(16-12-23)33(42)29-9-6-24(18-36-29)32(41)37-28-13-14-38(20-27(28)35)19-21-3-10-30(44-2)26(34)17-21/h3-10,17-18,23,27-28H,11-16,19-20H2,1-2H3,(H,37,41)/t27-,28-/m1/s1. The van der Waals surface area contributed by atoms with Crippen molar-refractivity contribution in [2.45, 2.75) is 38.0 Å². The maximum Gasteiger partial charge on any atom is 0.272 e. The van der Waals surface area contributed by atoms with Crippen LogP contribution < -0.4 is 14.8 Å². The second kappa shape index (κ2) is 13.9. The third-order valence-corrected chi connectivity index (χ3v) is 8.34. The number of hydrogen-bond donors (Lipinski definition) is 1. The predicted octanol–water partition coefficient (Wildman–Crippen LogP) is 4.32. The molecule has 5 rings (SSSR count). The zero-order valence-corrected chi connectivity index (χ0v) is 24.8. The first kappa shape index (κ1) is 31.1. The molecule has 3 aromatic rings. The number of halogens is 2. The van der Waals surface area contributed by atoms with Crippen molar-refractivity contribution < 1.29 is 32.6 Å². The van der Waals surface area contributed by atoms with Gasteiger partial charge in [-0.2, -0.15) is 0 Å². The van der Waals surface area contributed by atoms with E-state index in [9.17, 15) is 18.8 Å². The number of pyridine rings is 1. The number of rotatable bonds is 9. The van der Waals surface area contributed by atoms with Crippen LogP contribution in [-0.2, 0) is 6.54 Å². The van der Waals surface area contributed by atoms with E-state index in [0.717, 1.165) is 0 Å². The maximum atomic E-state index is 15.0. The molecule has 2 atom stereocenters. The van der Waals surface area contributed by atoms with Crippen LogP contribution in [0.5, 0.6) is 11.5 Å². The van der Waals surface area contributed by atoms with E-state index in [2.05, 4.69) is 10.3 Å². The SMILES string of the molecule is COc1ccc(C(=O)C2CCN(C(=O)c3ccc(C(=O)N[C@@H]4CCN(Cc5ccc(OC)c(F)c5)C[C@H]4F)cn3)CC2)cc1. The van der Waals surface area contributed by atoms with Crippen LogP contribution >= 0.6 is 0 Å². The van der Waals surface area contributed by atoms with Crippen molar-refractivity contribution in [2.24, 2.45) is 5.92 Å². The van der Waals surface area contributed by atoms with E-state index in [1.165, 1.54) is 31.5 Å². The smallest absolute Gasteiger partial charge is 0.272 e. The summed E-state index contributed by atoms with van der Waals surface area (Å²) in [6, 6.07) is 14.0. The second-order valence-corrected chi connectivity index (χ2v) is 11.2. The number of ether oxygens (including phenoxy) is 2. The summed E-state index contributed by atoms with van der Waals surface area (Å²) < 4.78 is 39.1. The molecule has 0 saturated carbocycles. The van der Waals surface area contributed by atoms with Crippen molar-refractivity contribution in [2.75, 3.05) is 40.4 Å². The number of likely N-dealkylation sites (tertiary alicyclic amines) is 2. The second-order valence-electron chi connectivity index (χ2n) is 11.2. The van der Waals surface area contributed by atoms with Gasteiger partial charge in [0.15, 0.2) is 17.3 Å². The number of carbonyl (C=O) groups excluding carboxylic acids is 3. The number of alkyl halides is 1. The lowest BCUT2D eigenvalue weighted by atomic mass is 9.88. The highest BCUT2D eigenvalue weighted by atomic mass is 19.1. The van der Waals surface area contributed by atoms with Crippen molar-refractivity contribution >= 4 is 17.6 Å². The zero-order valence-electron chi connectivity index (χ0n) is 24.8. The van der Waals surface area contributed by atoms with Gasteiger partial charge in [-0.05, 0) is 73.4 Å². The lowest BCUT2D eigenvalue weighted by Gasteiger charge is -2.35. The summed E-state index contributed by atoms with van der Waals surface area (Å²) in [6.45, 7) is 1.89. The Morgan fingerprint density at radius 1 is 0.932 bits per heavy atom. The summed E-state index contributed by atoms with van der Waals surface area (Å²) in [4.78, 5) is 46.6. The predicted molar refractivity (Wildman–Crippen MR) is 159 cm³/mol. The summed E-state index contributed by atoms with van der Waals surface area (Å²) in [5.74, 6) is -0.458. The molecule has 232 valence electrons. The molecule has 2 aromatic carbocycles. The van der Waals surface area contributed by atoms with Crippen LogP contribution in [0.3, 0.4) is 0 Å². The highest BCUT2D eigenvalue weighted by molar-refractivity contribution is 5.99. The van der Waals surface area contributed by atoms with Crippen molar-refractivity contribution in [3.63, 3.8) is 0 Å². The van der Waals surface area contributed by atoms with Crippen molar-refractivity contribution in [3.8, 4) is 11.5 Å². The van der Waals surface area contributed by atoms with Crippen LogP contribution in [0, 0.1) is 11.7 Å². The molecule has 9 nitrogen and oxygen atoms in total. The molecule has 11 heteroatoms. The highest BCUT2D eigenvalue weighted by Gasteiger charge is 2.32. The molecule has 2 saturated heterocycles. The van der Waals surface area contributed by atoms with Crippen molar-refractivity contribution in [3.05, 3.63) is 89.0 Å². The molecule has 1 aromatic heterocycles. The van der Waals surface area contributed by atoms with Gasteiger partial charge in [-0.25, -0.2) is 8.78 Å². The average Bonchev–Trinajstić information content (AvgIpc) is 3.05. The quantitative estimate of drug-likeness (QED) is 0.362. The summed E-state index contributed by atoms with van der Waals surface area (Å²) in [5, 5.41) is 2.75. The Hall–Kier alpha value is -4.38. The van der Waals surface area contributed by atoms with Crippen molar-refractivity contribution in [1.29, 1.82) is 0 Å². The number of nitrogens with one attached hydrogen (secondary N) is 1. The summed E-state index contributed by atoms with van der Waals surface area (Å²) in [5.41, 5.74) is 1.77. The molecule has 0 aliphatic carbocycles. The lowest BCUT2D eigenvalue weighted by Crippen LogP contribution is -2.52. The van der Waals surface area contributed by atoms with Gasteiger partial charge in [0.1, 0.15) is 17.6 Å². The van der Waals surface area contributed by atoms with E-state index < -0.39 is 23.9 Å². The Balaban J connectivity index is 1.09. The van der Waals surface area contributed by atoms with Gasteiger partial charge in [0.25, 0.3) is 11.8 Å². The van der Waals surface area contributed by atoms with Crippen molar-refractivity contribution in [1.82, 2.24) is 20.1 Å². The van der Waals surface area contributed by atoms with Crippen LogP contribution in [0.1, 0.15) is 56.0 Å². The van der Waals surface area contributed by atoms with Gasteiger partial charge in [-0.1, -0.05) is 6.07 Å². The number of carbonyl (C=O) groups is 3. The molecule has 3 heterocycles. The number of piperidine rings is 2. The lowest BCUT2D eigenvalue weighted by molar-refractivity contribution is 0.0645. The fraction of sp³-hybridized carbons (Fsp3) is 0.394. The number of Topliss-reactive ketones (excluding diaryl/α,β-unsaturated/α-hetero) is 1. The highest BCUT2D eigenvalue weighted by Crippen LogP contribution is 2.25. The zero-order chi connectivity index (χ0) is 31.2. The molecule has 2 fully saturated rings. The molecule has 0 bridgehead atoms. The molecule has 2 aliphatic heterocycles. The van der Waals surface area contributed by atoms with Gasteiger partial charge in [-0.3, -0.25) is 24.3 Å². The Morgan fingerprint density at radius 2 is 1.66 bits per heavy atom. The van der Waals surface area contributed by atoms with Gasteiger partial charge in [0.2, 0.25) is 0 Å². The molecule has 2 amide bonds. The van der Waals surface area contributed by atoms with Crippen LogP contribution in [-0.4, -0.2) is 85.0 Å². The first-order valence-electron chi connectivity index (χ1n) is 14.7. The van der Waals surface area contributed by atoms with Gasteiger partial charge in [-0.15, -0.1) is 0 Å². The number of ketones is 1. The van der Waals surface area contributed by atoms with Gasteiger partial charge < -0.3 is 19.7 Å². The number of aromatic nitrogens is 1.